The van der Waals surface area contributed by atoms with Crippen LogP contribution < -0.4 is 15.8 Å². The second-order valence-corrected chi connectivity index (χ2v) is 10.7. The number of hydrogen-bond acceptors (Lipinski definition) is 9. The van der Waals surface area contributed by atoms with E-state index in [1.807, 2.05) is 73.6 Å². The summed E-state index contributed by atoms with van der Waals surface area (Å²) in [4.78, 5) is 47.4. The molecule has 1 unspecified atom stereocenters. The van der Waals surface area contributed by atoms with Gasteiger partial charge in [0.05, 0.1) is 34.3 Å². The van der Waals surface area contributed by atoms with Crippen molar-refractivity contribution in [3.8, 4) is 0 Å². The van der Waals surface area contributed by atoms with Gasteiger partial charge in [0.15, 0.2) is 5.16 Å². The number of carbonyl (C=O) groups excluding carboxylic acids is 1. The van der Waals surface area contributed by atoms with Crippen LogP contribution in [0.1, 0.15) is 35.1 Å². The lowest BCUT2D eigenvalue weighted by molar-refractivity contribution is -0.384. The maximum atomic E-state index is 13.7. The van der Waals surface area contributed by atoms with Crippen LogP contribution in [0.15, 0.2) is 94.4 Å². The fourth-order valence-electron chi connectivity index (χ4n) is 4.79. The quantitative estimate of drug-likeness (QED) is 0.0854. The summed E-state index contributed by atoms with van der Waals surface area (Å²) in [7, 11) is 3.88. The number of nitrogens with zero attached hydrogens (tertiary/aromatic N) is 3. The number of hydrogen-bond donors (Lipinski definition) is 2. The molecule has 4 aromatic rings. The molecule has 1 aliphatic rings. The monoisotopic (exact) mass is 583 g/mol. The highest BCUT2D eigenvalue weighted by Gasteiger charge is 2.38. The summed E-state index contributed by atoms with van der Waals surface area (Å²) in [6.45, 7) is 1.92. The van der Waals surface area contributed by atoms with Crippen molar-refractivity contribution in [2.24, 2.45) is 0 Å². The summed E-state index contributed by atoms with van der Waals surface area (Å²) in [5.74, 6) is -0.479. The molecule has 0 saturated carbocycles. The summed E-state index contributed by atoms with van der Waals surface area (Å²) in [5, 5.41) is 14.6. The van der Waals surface area contributed by atoms with Crippen molar-refractivity contribution >= 4 is 40.6 Å². The van der Waals surface area contributed by atoms with Gasteiger partial charge in [-0.2, -0.15) is 0 Å². The highest BCUT2D eigenvalue weighted by Crippen LogP contribution is 2.43. The van der Waals surface area contributed by atoms with Gasteiger partial charge >= 0.3 is 5.97 Å². The van der Waals surface area contributed by atoms with E-state index in [0.717, 1.165) is 22.4 Å². The van der Waals surface area contributed by atoms with Gasteiger partial charge < -0.3 is 19.9 Å². The number of fused-ring (bicyclic) bond motifs is 1. The maximum absolute atomic E-state index is 13.7. The molecule has 0 spiro atoms. The Morgan fingerprint density at radius 1 is 1.05 bits per heavy atom. The predicted molar refractivity (Wildman–Crippen MR) is 164 cm³/mol. The molecule has 1 aliphatic heterocycles. The fraction of sp³-hybridized carbons (Fsp3) is 0.194. The summed E-state index contributed by atoms with van der Waals surface area (Å²) in [6, 6.07) is 23.4. The van der Waals surface area contributed by atoms with Crippen molar-refractivity contribution in [2.75, 3.05) is 30.9 Å². The van der Waals surface area contributed by atoms with Gasteiger partial charge in [-0.05, 0) is 35.7 Å². The average Bonchev–Trinajstić information content (AvgIpc) is 3.00. The SMILES string of the molecule is CCOC(=O)C1=C(c2ccccc2)Nc2nc(SCc3ccc([N+](=O)[O-])cc3)[nH]c(=O)c2C1c1ccc(N(C)C)cc1. The van der Waals surface area contributed by atoms with Crippen LogP contribution in [0, 0.1) is 10.1 Å². The van der Waals surface area contributed by atoms with Crippen molar-refractivity contribution in [2.45, 2.75) is 23.8 Å². The van der Waals surface area contributed by atoms with Gasteiger partial charge in [0, 0.05) is 37.7 Å². The summed E-state index contributed by atoms with van der Waals surface area (Å²) < 4.78 is 5.51. The van der Waals surface area contributed by atoms with E-state index in [9.17, 15) is 19.7 Å². The highest BCUT2D eigenvalue weighted by molar-refractivity contribution is 7.98. The lowest BCUT2D eigenvalue weighted by Gasteiger charge is -2.30. The second kappa shape index (κ2) is 12.3. The minimum atomic E-state index is -0.739. The molecule has 0 radical (unpaired) electrons. The molecule has 10 nitrogen and oxygen atoms in total. The van der Waals surface area contributed by atoms with Gasteiger partial charge in [0.2, 0.25) is 0 Å². The molecule has 42 heavy (non-hydrogen) atoms. The van der Waals surface area contributed by atoms with Gasteiger partial charge in [-0.1, -0.05) is 66.4 Å². The summed E-state index contributed by atoms with van der Waals surface area (Å²) in [6.07, 6.45) is 0. The predicted octanol–water partition coefficient (Wildman–Crippen LogP) is 5.57. The summed E-state index contributed by atoms with van der Waals surface area (Å²) in [5.41, 5.74) is 4.11. The van der Waals surface area contributed by atoms with Crippen molar-refractivity contribution in [3.05, 3.63) is 127 Å². The Balaban J connectivity index is 1.61. The highest BCUT2D eigenvalue weighted by atomic mass is 32.2. The molecule has 11 heteroatoms. The number of benzene rings is 3. The van der Waals surface area contributed by atoms with Gasteiger partial charge in [-0.15, -0.1) is 0 Å². The lowest BCUT2D eigenvalue weighted by Crippen LogP contribution is -2.31. The van der Waals surface area contributed by atoms with Crippen LogP contribution in [-0.4, -0.2) is 41.6 Å². The van der Waals surface area contributed by atoms with E-state index in [4.69, 9.17) is 9.72 Å². The summed E-state index contributed by atoms with van der Waals surface area (Å²) >= 11 is 1.30. The third-order valence-electron chi connectivity index (χ3n) is 6.85. The second-order valence-electron chi connectivity index (χ2n) is 9.76. The minimum absolute atomic E-state index is 0.00977. The van der Waals surface area contributed by atoms with Crippen molar-refractivity contribution in [1.82, 2.24) is 9.97 Å². The molecule has 0 aliphatic carbocycles. The largest absolute Gasteiger partial charge is 0.463 e. The van der Waals surface area contributed by atoms with Gasteiger partial charge in [-0.3, -0.25) is 14.9 Å². The van der Waals surface area contributed by atoms with Gasteiger partial charge in [-0.25, -0.2) is 9.78 Å². The Morgan fingerprint density at radius 2 is 1.74 bits per heavy atom. The molecule has 0 amide bonds. The first-order valence-electron chi connectivity index (χ1n) is 13.3. The normalized spacial score (nSPS) is 14.1. The Bertz CT molecular complexity index is 1700. The van der Waals surface area contributed by atoms with Crippen LogP contribution in [0.2, 0.25) is 0 Å². The zero-order chi connectivity index (χ0) is 29.8. The van der Waals surface area contributed by atoms with Crippen LogP contribution in [-0.2, 0) is 15.3 Å². The van der Waals surface area contributed by atoms with Crippen LogP contribution in [0.5, 0.6) is 0 Å². The zero-order valence-corrected chi connectivity index (χ0v) is 24.1. The number of carbonyl (C=O) groups is 1. The molecule has 0 saturated heterocycles. The van der Waals surface area contributed by atoms with Crippen LogP contribution >= 0.6 is 11.8 Å². The lowest BCUT2D eigenvalue weighted by atomic mass is 9.81. The standard InChI is InChI=1S/C31H29N5O5S/c1-4-41-30(38)25-24(20-12-16-22(17-13-20)35(2)3)26-28(32-27(25)21-8-6-5-7-9-21)33-31(34-29(26)37)42-18-19-10-14-23(15-11-19)36(39)40/h5-17,24H,4,18H2,1-3H3,(H2,32,33,34,37). The van der Waals surface area contributed by atoms with Crippen molar-refractivity contribution in [3.63, 3.8) is 0 Å². The number of ether oxygens (including phenoxy) is 1. The zero-order valence-electron chi connectivity index (χ0n) is 23.3. The van der Waals surface area contributed by atoms with E-state index in [2.05, 4.69) is 10.3 Å². The molecule has 1 aromatic heterocycles. The number of aromatic nitrogens is 2. The number of nitro benzene ring substituents is 1. The number of rotatable bonds is 9. The number of anilines is 2. The Hall–Kier alpha value is -4.90. The Morgan fingerprint density at radius 3 is 2.36 bits per heavy atom. The smallest absolute Gasteiger partial charge is 0.337 e. The third kappa shape index (κ3) is 5.91. The molecule has 214 valence electrons. The molecule has 5 rings (SSSR count). The van der Waals surface area contributed by atoms with E-state index in [-0.39, 0.29) is 17.9 Å². The van der Waals surface area contributed by atoms with Crippen molar-refractivity contribution in [1.29, 1.82) is 0 Å². The first-order chi connectivity index (χ1) is 20.3. The molecule has 0 fully saturated rings. The topological polar surface area (TPSA) is 130 Å². The van der Waals surface area contributed by atoms with Gasteiger partial charge in [0.25, 0.3) is 11.2 Å². The Kier molecular flexibility index (Phi) is 8.39. The molecule has 2 heterocycles. The molecule has 2 N–H and O–H groups in total. The number of H-pyrrole nitrogens is 1. The molecular formula is C31H29N5O5S. The minimum Gasteiger partial charge on any atom is -0.463 e. The average molecular weight is 584 g/mol. The first-order valence-corrected chi connectivity index (χ1v) is 14.3. The van der Waals surface area contributed by atoms with E-state index in [0.29, 0.717) is 33.6 Å². The number of nitro groups is 1. The van der Waals surface area contributed by atoms with Crippen LogP contribution in [0.25, 0.3) is 5.70 Å². The molecule has 1 atom stereocenters. The van der Waals surface area contributed by atoms with E-state index < -0.39 is 16.8 Å². The van der Waals surface area contributed by atoms with E-state index in [1.54, 1.807) is 19.1 Å². The van der Waals surface area contributed by atoms with E-state index in [1.165, 1.54) is 23.9 Å². The number of thioether (sulfide) groups is 1. The molecular weight excluding hydrogens is 554 g/mol. The van der Waals surface area contributed by atoms with E-state index >= 15 is 0 Å². The van der Waals surface area contributed by atoms with Gasteiger partial charge in [0.1, 0.15) is 5.82 Å². The van der Waals surface area contributed by atoms with Crippen LogP contribution in [0.4, 0.5) is 17.2 Å². The van der Waals surface area contributed by atoms with Crippen LogP contribution in [0.3, 0.4) is 0 Å². The Labute approximate surface area is 246 Å². The fourth-order valence-corrected chi connectivity index (χ4v) is 5.61. The number of aromatic amines is 1. The maximum Gasteiger partial charge on any atom is 0.337 e. The molecule has 0 bridgehead atoms. The number of esters is 1. The number of non-ortho nitro benzene ring substituents is 1. The third-order valence-corrected chi connectivity index (χ3v) is 7.79. The first kappa shape index (κ1) is 28.6. The molecule has 3 aromatic carbocycles. The number of nitrogens with one attached hydrogen (secondary N) is 2. The van der Waals surface area contributed by atoms with Crippen molar-refractivity contribution < 1.29 is 14.5 Å².